The Hall–Kier alpha value is -0.330. The maximum absolute atomic E-state index is 12.4. The quantitative estimate of drug-likeness (QED) is 0.743. The van der Waals surface area contributed by atoms with Crippen molar-refractivity contribution < 1.29 is 17.9 Å². The van der Waals surface area contributed by atoms with Gasteiger partial charge in [0.15, 0.2) is 0 Å². The van der Waals surface area contributed by atoms with E-state index in [0.717, 1.165) is 0 Å². The Balaban J connectivity index is 4.00. The Morgan fingerprint density at radius 2 is 1.87 bits per heavy atom. The van der Waals surface area contributed by atoms with E-state index in [1.807, 2.05) is 13.8 Å². The molecule has 0 aliphatic rings. The third-order valence-corrected chi connectivity index (χ3v) is 2.03. The van der Waals surface area contributed by atoms with Crippen molar-refractivity contribution in [2.45, 2.75) is 32.2 Å². The molecule has 0 aromatic carbocycles. The van der Waals surface area contributed by atoms with Gasteiger partial charge in [0.05, 0.1) is 12.7 Å². The van der Waals surface area contributed by atoms with Gasteiger partial charge < -0.3 is 10.5 Å². The fourth-order valence-electron chi connectivity index (χ4n) is 1.15. The van der Waals surface area contributed by atoms with Gasteiger partial charge in [-0.05, 0) is 20.9 Å². The van der Waals surface area contributed by atoms with Crippen LogP contribution in [-0.2, 0) is 4.74 Å². The van der Waals surface area contributed by atoms with Gasteiger partial charge in [0.1, 0.15) is 6.04 Å². The molecule has 0 aliphatic heterocycles. The molecule has 0 spiro atoms. The van der Waals surface area contributed by atoms with Crippen LogP contribution in [0.1, 0.15) is 13.8 Å². The number of hydrogen-bond acceptors (Lipinski definition) is 3. The van der Waals surface area contributed by atoms with Gasteiger partial charge in [-0.3, -0.25) is 4.90 Å². The van der Waals surface area contributed by atoms with Crippen LogP contribution >= 0.6 is 0 Å². The van der Waals surface area contributed by atoms with Crippen LogP contribution in [-0.4, -0.2) is 50.0 Å². The van der Waals surface area contributed by atoms with Gasteiger partial charge in [-0.15, -0.1) is 0 Å². The fourth-order valence-corrected chi connectivity index (χ4v) is 1.15. The van der Waals surface area contributed by atoms with E-state index in [4.69, 9.17) is 10.5 Å². The first kappa shape index (κ1) is 14.7. The Morgan fingerprint density at radius 1 is 1.33 bits per heavy atom. The second-order valence-corrected chi connectivity index (χ2v) is 3.69. The molecular formula is C9H19F3N2O. The Kier molecular flexibility index (Phi) is 6.16. The van der Waals surface area contributed by atoms with E-state index in [-0.39, 0.29) is 19.3 Å². The first-order chi connectivity index (χ1) is 6.79. The number of halogens is 3. The summed E-state index contributed by atoms with van der Waals surface area (Å²) in [5.74, 6) is 0. The highest BCUT2D eigenvalue weighted by molar-refractivity contribution is 4.77. The summed E-state index contributed by atoms with van der Waals surface area (Å²) in [6, 6.07) is -1.59. The summed E-state index contributed by atoms with van der Waals surface area (Å²) >= 11 is 0. The van der Waals surface area contributed by atoms with Gasteiger partial charge in [0.2, 0.25) is 0 Å². The second kappa shape index (κ2) is 6.30. The molecule has 0 saturated heterocycles. The van der Waals surface area contributed by atoms with E-state index < -0.39 is 18.8 Å². The first-order valence-corrected chi connectivity index (χ1v) is 4.87. The molecule has 0 fully saturated rings. The highest BCUT2D eigenvalue weighted by atomic mass is 19.4. The summed E-state index contributed by atoms with van der Waals surface area (Å²) in [4.78, 5) is 1.17. The number of nitrogens with zero attached hydrogens (tertiary/aromatic N) is 1. The maximum atomic E-state index is 12.4. The zero-order chi connectivity index (χ0) is 12.1. The lowest BCUT2D eigenvalue weighted by molar-refractivity contribution is -0.179. The van der Waals surface area contributed by atoms with Crippen molar-refractivity contribution in [2.24, 2.45) is 5.73 Å². The minimum atomic E-state index is -4.28. The minimum absolute atomic E-state index is 0.0283. The van der Waals surface area contributed by atoms with Crippen LogP contribution in [0.3, 0.4) is 0 Å². The van der Waals surface area contributed by atoms with E-state index in [9.17, 15) is 13.2 Å². The van der Waals surface area contributed by atoms with E-state index >= 15 is 0 Å². The fraction of sp³-hybridized carbons (Fsp3) is 1.00. The van der Waals surface area contributed by atoms with Gasteiger partial charge in [0.25, 0.3) is 0 Å². The molecule has 15 heavy (non-hydrogen) atoms. The molecule has 0 rings (SSSR count). The van der Waals surface area contributed by atoms with Gasteiger partial charge in [0, 0.05) is 13.1 Å². The van der Waals surface area contributed by atoms with Crippen LogP contribution in [0.15, 0.2) is 0 Å². The average molecular weight is 228 g/mol. The van der Waals surface area contributed by atoms with Crippen molar-refractivity contribution in [3.05, 3.63) is 0 Å². The number of alkyl halides is 3. The third kappa shape index (κ3) is 5.96. The average Bonchev–Trinajstić information content (AvgIpc) is 2.01. The van der Waals surface area contributed by atoms with Crippen LogP contribution in [0.2, 0.25) is 0 Å². The van der Waals surface area contributed by atoms with Gasteiger partial charge >= 0.3 is 6.18 Å². The smallest absolute Gasteiger partial charge is 0.377 e. The van der Waals surface area contributed by atoms with E-state index in [1.54, 1.807) is 0 Å². The molecule has 0 amide bonds. The number of hydrogen-bond donors (Lipinski definition) is 1. The molecule has 6 heteroatoms. The summed E-state index contributed by atoms with van der Waals surface area (Å²) in [6.45, 7) is 3.75. The third-order valence-electron chi connectivity index (χ3n) is 2.03. The van der Waals surface area contributed by atoms with Crippen molar-refractivity contribution in [3.8, 4) is 0 Å². The SMILES string of the molecule is CC(C)OCCN(C)C(CN)C(F)(F)F. The molecule has 0 heterocycles. The molecule has 0 radical (unpaired) electrons. The molecule has 0 bridgehead atoms. The molecule has 0 saturated carbocycles. The standard InChI is InChI=1S/C9H19F3N2O/c1-7(2)15-5-4-14(3)8(6-13)9(10,11)12/h7-8H,4-6,13H2,1-3H3. The highest BCUT2D eigenvalue weighted by Crippen LogP contribution is 2.22. The molecule has 2 N–H and O–H groups in total. The summed E-state index contributed by atoms with van der Waals surface area (Å²) in [7, 11) is 1.40. The molecule has 0 aromatic rings. The van der Waals surface area contributed by atoms with E-state index in [2.05, 4.69) is 0 Å². The number of nitrogens with two attached hydrogens (primary N) is 1. The van der Waals surface area contributed by atoms with E-state index in [0.29, 0.717) is 0 Å². The van der Waals surface area contributed by atoms with Crippen molar-refractivity contribution in [3.63, 3.8) is 0 Å². The molecule has 3 nitrogen and oxygen atoms in total. The van der Waals surface area contributed by atoms with Crippen LogP contribution < -0.4 is 5.73 Å². The summed E-state index contributed by atoms with van der Waals surface area (Å²) in [5.41, 5.74) is 5.09. The van der Waals surface area contributed by atoms with Gasteiger partial charge in [-0.25, -0.2) is 0 Å². The van der Waals surface area contributed by atoms with Gasteiger partial charge in [-0.1, -0.05) is 0 Å². The van der Waals surface area contributed by atoms with Crippen LogP contribution in [0.5, 0.6) is 0 Å². The van der Waals surface area contributed by atoms with Crippen LogP contribution in [0.25, 0.3) is 0 Å². The predicted molar refractivity (Wildman–Crippen MR) is 52.6 cm³/mol. The zero-order valence-corrected chi connectivity index (χ0v) is 9.34. The lowest BCUT2D eigenvalue weighted by atomic mass is 10.2. The monoisotopic (exact) mass is 228 g/mol. The predicted octanol–water partition coefficient (Wildman–Crippen LogP) is 1.23. The Bertz CT molecular complexity index is 173. The normalized spacial score (nSPS) is 15.0. The Labute approximate surface area is 88.4 Å². The van der Waals surface area contributed by atoms with Crippen molar-refractivity contribution in [1.29, 1.82) is 0 Å². The minimum Gasteiger partial charge on any atom is -0.377 e. The largest absolute Gasteiger partial charge is 0.405 e. The van der Waals surface area contributed by atoms with Crippen LogP contribution in [0, 0.1) is 0 Å². The molecule has 92 valence electrons. The molecule has 0 aliphatic carbocycles. The maximum Gasteiger partial charge on any atom is 0.405 e. The highest BCUT2D eigenvalue weighted by Gasteiger charge is 2.41. The Morgan fingerprint density at radius 3 is 2.20 bits per heavy atom. The van der Waals surface area contributed by atoms with Gasteiger partial charge in [-0.2, -0.15) is 13.2 Å². The second-order valence-electron chi connectivity index (χ2n) is 3.69. The molecule has 0 aromatic heterocycles. The number of likely N-dealkylation sites (N-methyl/N-ethyl adjacent to an activating group) is 1. The lowest BCUT2D eigenvalue weighted by Crippen LogP contribution is -2.49. The summed E-state index contributed by atoms with van der Waals surface area (Å²) < 4.78 is 42.4. The summed E-state index contributed by atoms with van der Waals surface area (Å²) in [6.07, 6.45) is -4.25. The lowest BCUT2D eigenvalue weighted by Gasteiger charge is -2.28. The number of ether oxygens (including phenoxy) is 1. The molecular weight excluding hydrogens is 209 g/mol. The van der Waals surface area contributed by atoms with Crippen molar-refractivity contribution >= 4 is 0 Å². The number of rotatable bonds is 6. The first-order valence-electron chi connectivity index (χ1n) is 4.87. The zero-order valence-electron chi connectivity index (χ0n) is 9.34. The molecule has 1 atom stereocenters. The summed E-state index contributed by atoms with van der Waals surface area (Å²) in [5, 5.41) is 0. The van der Waals surface area contributed by atoms with Crippen molar-refractivity contribution in [2.75, 3.05) is 26.7 Å². The van der Waals surface area contributed by atoms with Crippen LogP contribution in [0.4, 0.5) is 13.2 Å². The van der Waals surface area contributed by atoms with Crippen molar-refractivity contribution in [1.82, 2.24) is 4.90 Å². The van der Waals surface area contributed by atoms with E-state index in [1.165, 1.54) is 11.9 Å². The topological polar surface area (TPSA) is 38.5 Å². The molecule has 1 unspecified atom stereocenters.